The number of halogens is 2. The van der Waals surface area contributed by atoms with Crippen LogP contribution in [0.4, 0.5) is 4.39 Å². The van der Waals surface area contributed by atoms with Crippen molar-refractivity contribution in [2.24, 2.45) is 11.7 Å². The highest BCUT2D eigenvalue weighted by Crippen LogP contribution is 2.18. The Morgan fingerprint density at radius 2 is 1.91 bits per heavy atom. The van der Waals surface area contributed by atoms with Crippen LogP contribution in [-0.2, 0) is 21.2 Å². The van der Waals surface area contributed by atoms with Gasteiger partial charge < -0.3 is 10.2 Å². The Kier molecular flexibility index (Phi) is 5.55. The molecule has 1 atom stereocenters. The number of hydrogen-bond acceptors (Lipinski definition) is 4. The minimum absolute atomic E-state index is 0.187. The highest BCUT2D eigenvalue weighted by molar-refractivity contribution is 9.10. The highest BCUT2D eigenvalue weighted by Gasteiger charge is 2.23. The van der Waals surface area contributed by atoms with Gasteiger partial charge in [-0.25, -0.2) is 17.5 Å². The molecule has 0 saturated heterocycles. The molecule has 9 heteroatoms. The van der Waals surface area contributed by atoms with Gasteiger partial charge in [-0.2, -0.15) is 0 Å². The van der Waals surface area contributed by atoms with Crippen LogP contribution in [0.25, 0.3) is 0 Å². The fraction of sp³-hybridized carbons (Fsp3) is 0.214. The highest BCUT2D eigenvalue weighted by atomic mass is 79.9. The lowest BCUT2D eigenvalue weighted by atomic mass is 9.99. The van der Waals surface area contributed by atoms with Crippen molar-refractivity contribution in [3.8, 4) is 0 Å². The van der Waals surface area contributed by atoms with E-state index in [0.717, 1.165) is 0 Å². The van der Waals surface area contributed by atoms with E-state index in [9.17, 15) is 17.6 Å². The van der Waals surface area contributed by atoms with Crippen molar-refractivity contribution in [3.05, 3.63) is 52.4 Å². The van der Waals surface area contributed by atoms with Gasteiger partial charge >= 0.3 is 0 Å². The maximum absolute atomic E-state index is 12.9. The van der Waals surface area contributed by atoms with Gasteiger partial charge in [-0.1, -0.05) is 12.1 Å². The van der Waals surface area contributed by atoms with Gasteiger partial charge in [0.1, 0.15) is 5.82 Å². The van der Waals surface area contributed by atoms with Gasteiger partial charge in [-0.3, -0.25) is 4.79 Å². The molecule has 0 spiro atoms. The third-order valence-electron chi connectivity index (χ3n) is 3.13. The molecule has 23 heavy (non-hydrogen) atoms. The average Bonchev–Trinajstić information content (AvgIpc) is 2.92. The summed E-state index contributed by atoms with van der Waals surface area (Å²) in [5.41, 5.74) is 5.98. The van der Waals surface area contributed by atoms with E-state index in [2.05, 4.69) is 20.7 Å². The molecule has 0 aliphatic carbocycles. The SMILES string of the molecule is NC(=O)C(CNS(=O)(=O)c1ccc(Br)o1)Cc1ccc(F)cc1. The molecule has 0 fully saturated rings. The number of nitrogens with one attached hydrogen (secondary N) is 1. The van der Waals surface area contributed by atoms with Gasteiger partial charge in [0, 0.05) is 6.54 Å². The number of furan rings is 1. The quantitative estimate of drug-likeness (QED) is 0.734. The molecule has 0 radical (unpaired) electrons. The van der Waals surface area contributed by atoms with Crippen molar-refractivity contribution < 1.29 is 22.0 Å². The fourth-order valence-electron chi connectivity index (χ4n) is 1.90. The number of benzene rings is 1. The van der Waals surface area contributed by atoms with Crippen molar-refractivity contribution in [3.63, 3.8) is 0 Å². The second-order valence-electron chi connectivity index (χ2n) is 4.84. The molecule has 0 aliphatic heterocycles. The second kappa shape index (κ2) is 7.24. The average molecular weight is 405 g/mol. The molecule has 0 bridgehead atoms. The molecule has 1 amide bonds. The number of sulfonamides is 1. The lowest BCUT2D eigenvalue weighted by molar-refractivity contribution is -0.121. The summed E-state index contributed by atoms with van der Waals surface area (Å²) in [6.45, 7) is -0.187. The maximum atomic E-state index is 12.9. The smallest absolute Gasteiger partial charge is 0.274 e. The number of amides is 1. The van der Waals surface area contributed by atoms with Crippen LogP contribution >= 0.6 is 15.9 Å². The van der Waals surface area contributed by atoms with E-state index in [0.29, 0.717) is 5.56 Å². The van der Waals surface area contributed by atoms with Crippen LogP contribution in [-0.4, -0.2) is 20.9 Å². The van der Waals surface area contributed by atoms with Crippen LogP contribution in [0.5, 0.6) is 0 Å². The molecule has 2 aromatic rings. The number of hydrogen-bond donors (Lipinski definition) is 2. The number of nitrogens with two attached hydrogens (primary N) is 1. The first-order chi connectivity index (χ1) is 10.8. The number of carbonyl (C=O) groups is 1. The first-order valence-corrected chi connectivity index (χ1v) is 8.84. The molecule has 1 unspecified atom stereocenters. The Morgan fingerprint density at radius 3 is 2.43 bits per heavy atom. The second-order valence-corrected chi connectivity index (χ2v) is 7.32. The predicted octanol–water partition coefficient (Wildman–Crippen LogP) is 1.80. The minimum atomic E-state index is -3.88. The third kappa shape index (κ3) is 4.88. The van der Waals surface area contributed by atoms with Crippen LogP contribution in [0.2, 0.25) is 0 Å². The predicted molar refractivity (Wildman–Crippen MR) is 84.4 cm³/mol. The Balaban J connectivity index is 2.05. The molecule has 6 nitrogen and oxygen atoms in total. The third-order valence-corrected chi connectivity index (χ3v) is 4.85. The first kappa shape index (κ1) is 17.6. The number of primary amides is 1. The Bertz CT molecular complexity index is 789. The van der Waals surface area contributed by atoms with Crippen molar-refractivity contribution >= 4 is 31.9 Å². The zero-order valence-electron chi connectivity index (χ0n) is 11.8. The van der Waals surface area contributed by atoms with Gasteiger partial charge in [-0.15, -0.1) is 0 Å². The van der Waals surface area contributed by atoms with E-state index in [1.165, 1.54) is 36.4 Å². The monoisotopic (exact) mass is 404 g/mol. The minimum Gasteiger partial charge on any atom is -0.437 e. The zero-order valence-corrected chi connectivity index (χ0v) is 14.2. The number of carbonyl (C=O) groups excluding carboxylic acids is 1. The van der Waals surface area contributed by atoms with E-state index >= 15 is 0 Å². The summed E-state index contributed by atoms with van der Waals surface area (Å²) >= 11 is 3.01. The summed E-state index contributed by atoms with van der Waals surface area (Å²) in [6, 6.07) is 8.28. The van der Waals surface area contributed by atoms with E-state index in [1.807, 2.05) is 0 Å². The van der Waals surface area contributed by atoms with Crippen LogP contribution in [0.15, 0.2) is 50.6 Å². The molecule has 2 rings (SSSR count). The van der Waals surface area contributed by atoms with Crippen molar-refractivity contribution in [2.45, 2.75) is 11.5 Å². The van der Waals surface area contributed by atoms with E-state index in [-0.39, 0.29) is 22.7 Å². The van der Waals surface area contributed by atoms with Gasteiger partial charge in [-0.05, 0) is 52.2 Å². The normalized spacial score (nSPS) is 13.0. The Morgan fingerprint density at radius 1 is 1.26 bits per heavy atom. The summed E-state index contributed by atoms with van der Waals surface area (Å²) in [7, 11) is -3.88. The Labute approximate surface area is 141 Å². The van der Waals surface area contributed by atoms with E-state index in [1.54, 1.807) is 0 Å². The van der Waals surface area contributed by atoms with Gasteiger partial charge in [0.05, 0.1) is 5.92 Å². The molecule has 0 aliphatic rings. The molecule has 0 saturated carbocycles. The first-order valence-electron chi connectivity index (χ1n) is 6.56. The molecular formula is C14H14BrFN2O4S. The van der Waals surface area contributed by atoms with Crippen molar-refractivity contribution in [1.29, 1.82) is 0 Å². The zero-order chi connectivity index (χ0) is 17.0. The van der Waals surface area contributed by atoms with Crippen molar-refractivity contribution in [2.75, 3.05) is 6.54 Å². The van der Waals surface area contributed by atoms with E-state index in [4.69, 9.17) is 10.2 Å². The van der Waals surface area contributed by atoms with Crippen LogP contribution in [0, 0.1) is 11.7 Å². The lowest BCUT2D eigenvalue weighted by Crippen LogP contribution is -2.37. The van der Waals surface area contributed by atoms with Crippen LogP contribution in [0.1, 0.15) is 5.56 Å². The van der Waals surface area contributed by atoms with Crippen molar-refractivity contribution in [1.82, 2.24) is 4.72 Å². The molecule has 124 valence electrons. The molecule has 1 aromatic carbocycles. The maximum Gasteiger partial charge on any atom is 0.274 e. The van der Waals surface area contributed by atoms with Gasteiger partial charge in [0.25, 0.3) is 10.0 Å². The topological polar surface area (TPSA) is 102 Å². The fourth-order valence-corrected chi connectivity index (χ4v) is 3.33. The number of rotatable bonds is 7. The molecule has 1 aromatic heterocycles. The summed E-state index contributed by atoms with van der Waals surface area (Å²) in [6.07, 6.45) is 0.194. The largest absolute Gasteiger partial charge is 0.437 e. The van der Waals surface area contributed by atoms with Crippen LogP contribution < -0.4 is 10.5 Å². The summed E-state index contributed by atoms with van der Waals surface area (Å²) in [4.78, 5) is 11.5. The van der Waals surface area contributed by atoms with Gasteiger partial charge in [0.2, 0.25) is 11.0 Å². The van der Waals surface area contributed by atoms with E-state index < -0.39 is 27.7 Å². The van der Waals surface area contributed by atoms with Crippen LogP contribution in [0.3, 0.4) is 0 Å². The summed E-state index contributed by atoms with van der Waals surface area (Å²) < 4.78 is 44.5. The molecule has 1 heterocycles. The van der Waals surface area contributed by atoms with Gasteiger partial charge in [0.15, 0.2) is 4.67 Å². The lowest BCUT2D eigenvalue weighted by Gasteiger charge is -2.14. The molecular weight excluding hydrogens is 391 g/mol. The summed E-state index contributed by atoms with van der Waals surface area (Å²) in [5.74, 6) is -1.82. The Hall–Kier alpha value is -1.71. The summed E-state index contributed by atoms with van der Waals surface area (Å²) in [5, 5.41) is -0.269. The standard InChI is InChI=1S/C14H14BrFN2O4S/c15-12-5-6-13(22-12)23(20,21)18-8-10(14(17)19)7-9-1-3-11(16)4-2-9/h1-6,10,18H,7-8H2,(H2,17,19). The molecule has 3 N–H and O–H groups in total.